The molecule has 0 atom stereocenters. The van der Waals surface area contributed by atoms with E-state index in [-0.39, 0.29) is 0 Å². The summed E-state index contributed by atoms with van der Waals surface area (Å²) in [4.78, 5) is 4.39. The van der Waals surface area contributed by atoms with Gasteiger partial charge in [0, 0.05) is 11.8 Å². The number of rotatable bonds is 1. The molecule has 2 aromatic heterocycles. The predicted octanol–water partition coefficient (Wildman–Crippen LogP) is 2.07. The molecule has 0 aliphatic rings. The summed E-state index contributed by atoms with van der Waals surface area (Å²) in [6.07, 6.45) is 2.05. The molecule has 0 aromatic carbocycles. The molecule has 0 radical (unpaired) electrons. The summed E-state index contributed by atoms with van der Waals surface area (Å²) in [6, 6.07) is 4.04. The largest absolute Gasteiger partial charge is 0.234 e. The number of aryl methyl sites for hydroxylation is 2. The highest BCUT2D eigenvalue weighted by atomic mass is 32.2. The zero-order chi connectivity index (χ0) is 9.42. The Morgan fingerprint density at radius 3 is 2.69 bits per heavy atom. The van der Waals surface area contributed by atoms with Crippen LogP contribution >= 0.6 is 11.8 Å². The van der Waals surface area contributed by atoms with Crippen LogP contribution in [0, 0.1) is 13.8 Å². The van der Waals surface area contributed by atoms with Gasteiger partial charge in [-0.25, -0.2) is 9.50 Å². The minimum absolute atomic E-state index is 0.932. The Bertz CT molecular complexity index is 447. The van der Waals surface area contributed by atoms with Crippen LogP contribution in [0.4, 0.5) is 0 Å². The molecule has 0 amide bonds. The third-order valence-electron chi connectivity index (χ3n) is 1.85. The van der Waals surface area contributed by atoms with Crippen LogP contribution in [0.5, 0.6) is 0 Å². The van der Waals surface area contributed by atoms with Crippen molar-refractivity contribution in [2.45, 2.75) is 18.9 Å². The second kappa shape index (κ2) is 3.03. The van der Waals surface area contributed by atoms with Gasteiger partial charge in [-0.3, -0.25) is 0 Å². The molecule has 0 saturated carbocycles. The third-order valence-corrected chi connectivity index (χ3v) is 2.56. The SMILES string of the molecule is CSc1cc(C)nc2cc(C)nn12. The van der Waals surface area contributed by atoms with Gasteiger partial charge in [-0.2, -0.15) is 5.10 Å². The Labute approximate surface area is 81.2 Å². The van der Waals surface area contributed by atoms with Crippen molar-refractivity contribution in [3.8, 4) is 0 Å². The van der Waals surface area contributed by atoms with Gasteiger partial charge in [-0.1, -0.05) is 0 Å². The number of hydrogen-bond acceptors (Lipinski definition) is 3. The van der Waals surface area contributed by atoms with E-state index in [2.05, 4.69) is 10.1 Å². The van der Waals surface area contributed by atoms with Crippen LogP contribution in [0.1, 0.15) is 11.4 Å². The molecular weight excluding hydrogens is 182 g/mol. The number of aromatic nitrogens is 3. The van der Waals surface area contributed by atoms with Gasteiger partial charge in [0.2, 0.25) is 0 Å². The number of fused-ring (bicyclic) bond motifs is 1. The van der Waals surface area contributed by atoms with E-state index in [1.807, 2.05) is 36.8 Å². The fraction of sp³-hybridized carbons (Fsp3) is 0.333. The van der Waals surface area contributed by atoms with E-state index < -0.39 is 0 Å². The first-order valence-corrected chi connectivity index (χ1v) is 5.31. The van der Waals surface area contributed by atoms with Gasteiger partial charge in [0.15, 0.2) is 5.65 Å². The first kappa shape index (κ1) is 8.56. The molecule has 0 aliphatic carbocycles. The lowest BCUT2D eigenvalue weighted by Gasteiger charge is -2.01. The lowest BCUT2D eigenvalue weighted by Crippen LogP contribution is -1.95. The fourth-order valence-electron chi connectivity index (χ4n) is 1.33. The number of thioether (sulfide) groups is 1. The van der Waals surface area contributed by atoms with Crippen LogP contribution in [0.15, 0.2) is 17.2 Å². The number of hydrogen-bond donors (Lipinski definition) is 0. The molecule has 2 aromatic rings. The Morgan fingerprint density at radius 1 is 1.23 bits per heavy atom. The standard InChI is InChI=1S/C9H11N3S/c1-6-5-9(13-3)12-8(10-6)4-7(2)11-12/h4-5H,1-3H3. The molecule has 68 valence electrons. The first-order chi connectivity index (χ1) is 6.20. The quantitative estimate of drug-likeness (QED) is 0.513. The van der Waals surface area contributed by atoms with Crippen molar-refractivity contribution in [2.75, 3.05) is 6.26 Å². The lowest BCUT2D eigenvalue weighted by atomic mass is 10.4. The van der Waals surface area contributed by atoms with Crippen LogP contribution in [0.3, 0.4) is 0 Å². The maximum Gasteiger partial charge on any atom is 0.156 e. The molecular formula is C9H11N3S. The first-order valence-electron chi connectivity index (χ1n) is 4.09. The predicted molar refractivity (Wildman–Crippen MR) is 54.2 cm³/mol. The van der Waals surface area contributed by atoms with E-state index in [1.54, 1.807) is 11.8 Å². The van der Waals surface area contributed by atoms with E-state index in [9.17, 15) is 0 Å². The van der Waals surface area contributed by atoms with E-state index in [1.165, 1.54) is 0 Å². The molecule has 13 heavy (non-hydrogen) atoms. The second-order valence-corrected chi connectivity index (χ2v) is 3.82. The summed E-state index contributed by atoms with van der Waals surface area (Å²) < 4.78 is 1.88. The summed E-state index contributed by atoms with van der Waals surface area (Å²) in [5, 5.41) is 5.49. The highest BCUT2D eigenvalue weighted by Gasteiger charge is 2.04. The molecule has 0 saturated heterocycles. The fourth-order valence-corrected chi connectivity index (χ4v) is 1.92. The van der Waals surface area contributed by atoms with Crippen molar-refractivity contribution in [1.82, 2.24) is 14.6 Å². The van der Waals surface area contributed by atoms with E-state index in [4.69, 9.17) is 0 Å². The summed E-state index contributed by atoms with van der Waals surface area (Å²) in [5.74, 6) is 0. The summed E-state index contributed by atoms with van der Waals surface area (Å²) in [6.45, 7) is 3.98. The van der Waals surface area contributed by atoms with Crippen molar-refractivity contribution in [3.05, 3.63) is 23.5 Å². The van der Waals surface area contributed by atoms with Crippen molar-refractivity contribution < 1.29 is 0 Å². The Morgan fingerprint density at radius 2 is 2.00 bits per heavy atom. The molecule has 0 bridgehead atoms. The van der Waals surface area contributed by atoms with Gasteiger partial charge >= 0.3 is 0 Å². The number of nitrogens with zero attached hydrogens (tertiary/aromatic N) is 3. The lowest BCUT2D eigenvalue weighted by molar-refractivity contribution is 0.823. The molecule has 3 nitrogen and oxygen atoms in total. The molecule has 0 aliphatic heterocycles. The normalized spacial score (nSPS) is 11.0. The van der Waals surface area contributed by atoms with Gasteiger partial charge in [0.25, 0.3) is 0 Å². The summed E-state index contributed by atoms with van der Waals surface area (Å²) in [7, 11) is 0. The molecule has 0 unspecified atom stereocenters. The Hall–Kier alpha value is -1.03. The van der Waals surface area contributed by atoms with Gasteiger partial charge in [0.1, 0.15) is 5.03 Å². The average Bonchev–Trinajstić information content (AvgIpc) is 2.43. The Kier molecular flexibility index (Phi) is 2.00. The van der Waals surface area contributed by atoms with Crippen LogP contribution in [0.2, 0.25) is 0 Å². The second-order valence-electron chi connectivity index (χ2n) is 3.00. The van der Waals surface area contributed by atoms with Crippen LogP contribution in [-0.4, -0.2) is 20.9 Å². The molecule has 0 spiro atoms. The van der Waals surface area contributed by atoms with Gasteiger partial charge in [-0.15, -0.1) is 11.8 Å². The monoisotopic (exact) mass is 193 g/mol. The van der Waals surface area contributed by atoms with Gasteiger partial charge in [0.05, 0.1) is 5.69 Å². The zero-order valence-corrected chi connectivity index (χ0v) is 8.72. The molecule has 0 fully saturated rings. The zero-order valence-electron chi connectivity index (χ0n) is 7.90. The van der Waals surface area contributed by atoms with E-state index in [0.29, 0.717) is 0 Å². The van der Waals surface area contributed by atoms with Crippen LogP contribution < -0.4 is 0 Å². The summed E-state index contributed by atoms with van der Waals surface area (Å²) in [5.41, 5.74) is 2.98. The third kappa shape index (κ3) is 1.42. The van der Waals surface area contributed by atoms with Crippen molar-refractivity contribution in [3.63, 3.8) is 0 Å². The van der Waals surface area contributed by atoms with Crippen molar-refractivity contribution in [1.29, 1.82) is 0 Å². The molecule has 0 N–H and O–H groups in total. The van der Waals surface area contributed by atoms with Crippen LogP contribution in [0.25, 0.3) is 5.65 Å². The van der Waals surface area contributed by atoms with Crippen LogP contribution in [-0.2, 0) is 0 Å². The van der Waals surface area contributed by atoms with Crippen molar-refractivity contribution in [2.24, 2.45) is 0 Å². The summed E-state index contributed by atoms with van der Waals surface area (Å²) >= 11 is 1.69. The molecule has 2 rings (SSSR count). The maximum atomic E-state index is 4.39. The van der Waals surface area contributed by atoms with E-state index in [0.717, 1.165) is 22.1 Å². The minimum Gasteiger partial charge on any atom is -0.234 e. The van der Waals surface area contributed by atoms with Gasteiger partial charge in [-0.05, 0) is 26.2 Å². The molecule has 2 heterocycles. The highest BCUT2D eigenvalue weighted by Crippen LogP contribution is 2.17. The van der Waals surface area contributed by atoms with E-state index >= 15 is 0 Å². The smallest absolute Gasteiger partial charge is 0.156 e. The average molecular weight is 193 g/mol. The Balaban J connectivity index is 2.80. The van der Waals surface area contributed by atoms with Gasteiger partial charge < -0.3 is 0 Å². The van der Waals surface area contributed by atoms with Crippen molar-refractivity contribution >= 4 is 17.4 Å². The minimum atomic E-state index is 0.932. The molecule has 4 heteroatoms. The highest BCUT2D eigenvalue weighted by molar-refractivity contribution is 7.98. The maximum absolute atomic E-state index is 4.39. The topological polar surface area (TPSA) is 30.2 Å².